The summed E-state index contributed by atoms with van der Waals surface area (Å²) < 4.78 is 0. The first kappa shape index (κ1) is 12.7. The number of hydrogen-bond acceptors (Lipinski definition) is 3. The highest BCUT2D eigenvalue weighted by Crippen LogP contribution is 2.10. The van der Waals surface area contributed by atoms with Gasteiger partial charge in [-0.15, -0.1) is 0 Å². The van der Waals surface area contributed by atoms with E-state index in [-0.39, 0.29) is 18.0 Å². The average molecular weight is 236 g/mol. The third-order valence-electron chi connectivity index (χ3n) is 1.89. The maximum absolute atomic E-state index is 11.3. The second kappa shape index (κ2) is 5.64. The van der Waals surface area contributed by atoms with E-state index in [1.54, 1.807) is 6.07 Å². The van der Waals surface area contributed by atoms with Crippen molar-refractivity contribution in [2.45, 2.75) is 6.92 Å². The number of carboxylic acid groups (broad SMARTS) is 1. The minimum Gasteiger partial charge on any atom is -0.478 e. The van der Waals surface area contributed by atoms with Crippen LogP contribution in [0.4, 0.5) is 5.69 Å². The van der Waals surface area contributed by atoms with Crippen LogP contribution in [0.1, 0.15) is 17.3 Å². The summed E-state index contributed by atoms with van der Waals surface area (Å²) in [6.07, 6.45) is 0. The molecule has 0 atom stereocenters. The number of carbonyl (C=O) groups excluding carboxylic acids is 2. The Bertz CT molecular complexity index is 457. The van der Waals surface area contributed by atoms with Gasteiger partial charge in [-0.25, -0.2) is 4.79 Å². The number of rotatable bonds is 4. The molecule has 0 saturated carbocycles. The SMILES string of the molecule is CC(=O)NCC(=O)Nc1cccc(C(=O)O)c1. The first-order valence-electron chi connectivity index (χ1n) is 4.86. The highest BCUT2D eigenvalue weighted by atomic mass is 16.4. The number of nitrogens with one attached hydrogen (secondary N) is 2. The van der Waals surface area contributed by atoms with Crippen molar-refractivity contribution in [3.8, 4) is 0 Å². The molecule has 2 amide bonds. The molecule has 1 aromatic rings. The van der Waals surface area contributed by atoms with Gasteiger partial charge in [-0.1, -0.05) is 6.07 Å². The summed E-state index contributed by atoms with van der Waals surface area (Å²) in [5, 5.41) is 13.6. The van der Waals surface area contributed by atoms with Crippen LogP contribution >= 0.6 is 0 Å². The average Bonchev–Trinajstić information content (AvgIpc) is 2.26. The van der Waals surface area contributed by atoms with Gasteiger partial charge in [0.1, 0.15) is 0 Å². The molecule has 90 valence electrons. The van der Waals surface area contributed by atoms with Crippen molar-refractivity contribution >= 4 is 23.5 Å². The van der Waals surface area contributed by atoms with Crippen molar-refractivity contribution in [1.82, 2.24) is 5.32 Å². The lowest BCUT2D eigenvalue weighted by atomic mass is 10.2. The van der Waals surface area contributed by atoms with Crippen molar-refractivity contribution in [1.29, 1.82) is 0 Å². The van der Waals surface area contributed by atoms with Crippen LogP contribution in [0.15, 0.2) is 24.3 Å². The minimum atomic E-state index is -1.07. The van der Waals surface area contributed by atoms with E-state index < -0.39 is 11.9 Å². The van der Waals surface area contributed by atoms with Gasteiger partial charge in [-0.05, 0) is 18.2 Å². The van der Waals surface area contributed by atoms with E-state index in [0.717, 1.165) is 0 Å². The zero-order valence-electron chi connectivity index (χ0n) is 9.19. The minimum absolute atomic E-state index is 0.0855. The third-order valence-corrected chi connectivity index (χ3v) is 1.89. The van der Waals surface area contributed by atoms with Crippen LogP contribution in [0.2, 0.25) is 0 Å². The molecular formula is C11H12N2O4. The van der Waals surface area contributed by atoms with E-state index in [2.05, 4.69) is 10.6 Å². The first-order valence-corrected chi connectivity index (χ1v) is 4.86. The molecule has 1 rings (SSSR count). The van der Waals surface area contributed by atoms with Crippen LogP contribution in [-0.2, 0) is 9.59 Å². The number of carboxylic acids is 1. The van der Waals surface area contributed by atoms with Crippen LogP contribution in [-0.4, -0.2) is 29.4 Å². The quantitative estimate of drug-likeness (QED) is 0.707. The largest absolute Gasteiger partial charge is 0.478 e. The Kier molecular flexibility index (Phi) is 4.21. The fourth-order valence-corrected chi connectivity index (χ4v) is 1.14. The summed E-state index contributed by atoms with van der Waals surface area (Å²) in [5.74, 6) is -1.79. The molecular weight excluding hydrogens is 224 g/mol. The predicted molar refractivity (Wildman–Crippen MR) is 60.7 cm³/mol. The van der Waals surface area contributed by atoms with Crippen LogP contribution in [0.25, 0.3) is 0 Å². The standard InChI is InChI=1S/C11H12N2O4/c1-7(14)12-6-10(15)13-9-4-2-3-8(5-9)11(16)17/h2-5H,6H2,1H3,(H,12,14)(H,13,15)(H,16,17). The molecule has 6 nitrogen and oxygen atoms in total. The molecule has 0 bridgehead atoms. The zero-order valence-corrected chi connectivity index (χ0v) is 9.19. The second-order valence-corrected chi connectivity index (χ2v) is 3.34. The summed E-state index contributed by atoms with van der Waals surface area (Å²) in [5.41, 5.74) is 0.461. The molecule has 0 aliphatic carbocycles. The van der Waals surface area contributed by atoms with Crippen LogP contribution < -0.4 is 10.6 Å². The van der Waals surface area contributed by atoms with E-state index in [1.165, 1.54) is 25.1 Å². The fraction of sp³-hybridized carbons (Fsp3) is 0.182. The van der Waals surface area contributed by atoms with Crippen LogP contribution in [0.5, 0.6) is 0 Å². The van der Waals surface area contributed by atoms with Crippen LogP contribution in [0, 0.1) is 0 Å². The maximum Gasteiger partial charge on any atom is 0.335 e. The van der Waals surface area contributed by atoms with Gasteiger partial charge < -0.3 is 15.7 Å². The number of hydrogen-bond donors (Lipinski definition) is 3. The summed E-state index contributed by atoms with van der Waals surface area (Å²) in [4.78, 5) is 32.6. The number of anilines is 1. The molecule has 0 aliphatic heterocycles. The highest BCUT2D eigenvalue weighted by molar-refractivity contribution is 5.96. The Morgan fingerprint density at radius 1 is 1.29 bits per heavy atom. The van der Waals surface area contributed by atoms with Crippen molar-refractivity contribution in [2.75, 3.05) is 11.9 Å². The van der Waals surface area contributed by atoms with Gasteiger partial charge >= 0.3 is 5.97 Å². The predicted octanol–water partition coefficient (Wildman–Crippen LogP) is 0.459. The fourth-order valence-electron chi connectivity index (χ4n) is 1.14. The molecule has 0 radical (unpaired) electrons. The molecule has 17 heavy (non-hydrogen) atoms. The zero-order chi connectivity index (χ0) is 12.8. The molecule has 0 unspecified atom stereocenters. The van der Waals surface area contributed by atoms with Gasteiger partial charge in [-0.2, -0.15) is 0 Å². The van der Waals surface area contributed by atoms with E-state index in [1.807, 2.05) is 0 Å². The number of carbonyl (C=O) groups is 3. The third kappa shape index (κ3) is 4.33. The molecule has 3 N–H and O–H groups in total. The van der Waals surface area contributed by atoms with Gasteiger partial charge in [0, 0.05) is 12.6 Å². The highest BCUT2D eigenvalue weighted by Gasteiger charge is 2.06. The van der Waals surface area contributed by atoms with Crippen molar-refractivity contribution in [2.24, 2.45) is 0 Å². The smallest absolute Gasteiger partial charge is 0.335 e. The normalized spacial score (nSPS) is 9.47. The van der Waals surface area contributed by atoms with Gasteiger partial charge in [0.15, 0.2) is 0 Å². The lowest BCUT2D eigenvalue weighted by Gasteiger charge is -2.06. The molecule has 0 aliphatic rings. The molecule has 0 fully saturated rings. The Morgan fingerprint density at radius 2 is 2.00 bits per heavy atom. The Labute approximate surface area is 97.6 Å². The lowest BCUT2D eigenvalue weighted by Crippen LogP contribution is -2.31. The van der Waals surface area contributed by atoms with Crippen LogP contribution in [0.3, 0.4) is 0 Å². The van der Waals surface area contributed by atoms with Gasteiger partial charge in [0.25, 0.3) is 0 Å². The Morgan fingerprint density at radius 3 is 2.59 bits per heavy atom. The van der Waals surface area contributed by atoms with E-state index in [0.29, 0.717) is 5.69 Å². The Balaban J connectivity index is 2.62. The monoisotopic (exact) mass is 236 g/mol. The van der Waals surface area contributed by atoms with Crippen molar-refractivity contribution in [3.63, 3.8) is 0 Å². The summed E-state index contributed by atoms with van der Waals surface area (Å²) in [6, 6.07) is 5.86. The molecule has 0 saturated heterocycles. The molecule has 0 aromatic heterocycles. The van der Waals surface area contributed by atoms with Crippen molar-refractivity contribution < 1.29 is 19.5 Å². The maximum atomic E-state index is 11.3. The number of benzene rings is 1. The molecule has 0 heterocycles. The summed E-state index contributed by atoms with van der Waals surface area (Å²) in [7, 11) is 0. The Hall–Kier alpha value is -2.37. The first-order chi connectivity index (χ1) is 7.99. The molecule has 1 aromatic carbocycles. The number of amides is 2. The topological polar surface area (TPSA) is 95.5 Å². The van der Waals surface area contributed by atoms with Gasteiger partial charge in [0.2, 0.25) is 11.8 Å². The molecule has 0 spiro atoms. The number of aromatic carboxylic acids is 1. The molecule has 6 heteroatoms. The van der Waals surface area contributed by atoms with E-state index >= 15 is 0 Å². The second-order valence-electron chi connectivity index (χ2n) is 3.34. The van der Waals surface area contributed by atoms with E-state index in [4.69, 9.17) is 5.11 Å². The summed E-state index contributed by atoms with van der Waals surface area (Å²) >= 11 is 0. The summed E-state index contributed by atoms with van der Waals surface area (Å²) in [6.45, 7) is 1.16. The van der Waals surface area contributed by atoms with E-state index in [9.17, 15) is 14.4 Å². The lowest BCUT2D eigenvalue weighted by molar-refractivity contribution is -0.122. The van der Waals surface area contributed by atoms with Crippen molar-refractivity contribution in [3.05, 3.63) is 29.8 Å². The van der Waals surface area contributed by atoms with Gasteiger partial charge in [-0.3, -0.25) is 9.59 Å². The van der Waals surface area contributed by atoms with Gasteiger partial charge in [0.05, 0.1) is 12.1 Å².